The maximum Gasteiger partial charge on any atom is 0.303 e. The Morgan fingerprint density at radius 3 is 2.32 bits per heavy atom. The summed E-state index contributed by atoms with van der Waals surface area (Å²) in [7, 11) is 0. The van der Waals surface area contributed by atoms with Crippen LogP contribution in [-0.4, -0.2) is 130 Å². The van der Waals surface area contributed by atoms with Gasteiger partial charge in [0.05, 0.1) is 54.7 Å². The largest absolute Gasteiger partial charge is 0.508 e. The number of aliphatic hydroxyl groups is 8. The van der Waals surface area contributed by atoms with E-state index in [1.54, 1.807) is 43.3 Å². The van der Waals surface area contributed by atoms with Crippen LogP contribution >= 0.6 is 0 Å². The van der Waals surface area contributed by atoms with Crippen molar-refractivity contribution >= 4 is 5.97 Å². The summed E-state index contributed by atoms with van der Waals surface area (Å²) in [6.45, 7) is 5.07. The average molecular weight is 995 g/mol. The van der Waals surface area contributed by atoms with Gasteiger partial charge in [0.25, 0.3) is 0 Å². The monoisotopic (exact) mass is 995 g/mol. The summed E-state index contributed by atoms with van der Waals surface area (Å²) in [5.74, 6) is 4.24. The van der Waals surface area contributed by atoms with Gasteiger partial charge in [0, 0.05) is 42.6 Å². The average Bonchev–Trinajstić information content (AvgIpc) is 3.52. The van der Waals surface area contributed by atoms with Crippen molar-refractivity contribution in [2.24, 2.45) is 11.8 Å². The molecule has 13 atom stereocenters. The molecule has 4 heterocycles. The number of carboxylic acids is 1. The number of unbranched alkanes of at least 4 members (excludes halogenated alkanes) is 1. The Kier molecular flexibility index (Phi) is 21.1. The number of fused-ring (bicyclic) bond motifs is 6. The third kappa shape index (κ3) is 14.7. The molecule has 72 heavy (non-hydrogen) atoms. The van der Waals surface area contributed by atoms with Crippen LogP contribution in [0.5, 0.6) is 5.75 Å². The van der Waals surface area contributed by atoms with Gasteiger partial charge in [-0.25, -0.2) is 0 Å². The third-order valence-corrected chi connectivity index (χ3v) is 16.0. The molecule has 4 aliphatic heterocycles. The highest BCUT2D eigenvalue weighted by atomic mass is 16.4. The highest BCUT2D eigenvalue weighted by Gasteiger charge is 2.53. The molecule has 0 aliphatic carbocycles. The first-order valence-electron chi connectivity index (χ1n) is 26.4. The molecule has 0 saturated carbocycles. The lowest BCUT2D eigenvalue weighted by Crippen LogP contribution is -2.67. The second-order valence-electron chi connectivity index (χ2n) is 21.2. The van der Waals surface area contributed by atoms with E-state index in [9.17, 15) is 55.9 Å². The summed E-state index contributed by atoms with van der Waals surface area (Å²) in [4.78, 5) is 12.7. The normalized spacial score (nSPS) is 28.0. The lowest BCUT2D eigenvalue weighted by Gasteiger charge is -2.52. The molecule has 3 aromatic carbocycles. The zero-order valence-electron chi connectivity index (χ0n) is 42.5. The summed E-state index contributed by atoms with van der Waals surface area (Å²) in [5, 5.41) is 122. The van der Waals surface area contributed by atoms with Gasteiger partial charge < -0.3 is 61.7 Å². The van der Waals surface area contributed by atoms with E-state index < -0.39 is 84.1 Å². The predicted octanol–water partition coefficient (Wildman–Crippen LogP) is 5.74. The molecule has 394 valence electrons. The van der Waals surface area contributed by atoms with Gasteiger partial charge in [-0.2, -0.15) is 0 Å². The van der Waals surface area contributed by atoms with Crippen LogP contribution in [0.3, 0.4) is 0 Å². The number of allylic oxidation sites excluding steroid dienone is 2. The molecule has 3 aromatic rings. The lowest BCUT2D eigenvalue weighted by atomic mass is 9.64. The van der Waals surface area contributed by atoms with Crippen molar-refractivity contribution in [2.75, 3.05) is 13.2 Å². The summed E-state index contributed by atoms with van der Waals surface area (Å²) < 4.78 is 0. The summed E-state index contributed by atoms with van der Waals surface area (Å²) in [5.41, 5.74) is 2.33. The van der Waals surface area contributed by atoms with Crippen LogP contribution in [0.2, 0.25) is 0 Å². The zero-order valence-corrected chi connectivity index (χ0v) is 42.5. The first-order valence-corrected chi connectivity index (χ1v) is 26.4. The number of phenolic OH excluding ortho intramolecular Hbond substituents is 1. The van der Waals surface area contributed by atoms with Gasteiger partial charge >= 0.3 is 5.97 Å². The topological polar surface area (TPSA) is 243 Å². The number of hydrogen-bond donors (Lipinski definition) is 12. The van der Waals surface area contributed by atoms with E-state index in [1.807, 2.05) is 62.4 Å². The number of benzene rings is 3. The summed E-state index contributed by atoms with van der Waals surface area (Å²) in [6, 6.07) is 20.8. The van der Waals surface area contributed by atoms with Crippen LogP contribution in [0.4, 0.5) is 0 Å². The van der Waals surface area contributed by atoms with E-state index in [2.05, 4.69) is 22.5 Å². The maximum absolute atomic E-state index is 14.0. The van der Waals surface area contributed by atoms with Gasteiger partial charge in [-0.1, -0.05) is 98.4 Å². The van der Waals surface area contributed by atoms with Crippen molar-refractivity contribution in [2.45, 2.75) is 189 Å². The fourth-order valence-electron chi connectivity index (χ4n) is 11.8. The van der Waals surface area contributed by atoms with Crippen molar-refractivity contribution in [3.05, 3.63) is 124 Å². The molecule has 0 spiro atoms. The number of nitrogens with one attached hydrogen (secondary N) is 2. The molecule has 0 amide bonds. The Balaban J connectivity index is 1.68. The third-order valence-electron chi connectivity index (χ3n) is 16.0. The van der Waals surface area contributed by atoms with Gasteiger partial charge in [-0.3, -0.25) is 4.79 Å². The van der Waals surface area contributed by atoms with Crippen molar-refractivity contribution in [1.29, 1.82) is 0 Å². The molecule has 1 saturated heterocycles. The summed E-state index contributed by atoms with van der Waals surface area (Å²) >= 11 is 0. The van der Waals surface area contributed by atoms with E-state index in [1.165, 1.54) is 0 Å². The van der Waals surface area contributed by atoms with E-state index in [0.29, 0.717) is 68.1 Å². The SMILES string of the molecule is CCCCC(O)C(O)C=CC1=C(CC(O)CO)C2CCC(O)C3NC(C)CCC(C(O)Cc4ccc(cc4)CC(C(C)(O)C(CCCO)c4ccc(O)cc4)(CC#Cc4ccccc4CC1)N2)C3CC(=O)O. The van der Waals surface area contributed by atoms with Crippen molar-refractivity contribution in [3.63, 3.8) is 0 Å². The number of aromatic hydroxyl groups is 1. The van der Waals surface area contributed by atoms with E-state index in [-0.39, 0.29) is 63.3 Å². The number of aliphatic hydroxyl groups excluding tert-OH is 7. The highest BCUT2D eigenvalue weighted by molar-refractivity contribution is 5.67. The minimum Gasteiger partial charge on any atom is -0.508 e. The molecule has 13 unspecified atom stereocenters. The van der Waals surface area contributed by atoms with Gasteiger partial charge in [0.15, 0.2) is 0 Å². The molecular formula is C59H82N2O11. The van der Waals surface area contributed by atoms with Crippen LogP contribution in [0.25, 0.3) is 0 Å². The minimum absolute atomic E-state index is 0.0509. The molecule has 13 nitrogen and oxygen atoms in total. The Labute approximate surface area is 426 Å². The van der Waals surface area contributed by atoms with Crippen molar-refractivity contribution in [3.8, 4) is 17.6 Å². The molecule has 0 radical (unpaired) electrons. The molecule has 7 rings (SSSR count). The Bertz CT molecular complexity index is 2300. The van der Waals surface area contributed by atoms with Crippen LogP contribution in [0, 0.1) is 23.7 Å². The molecule has 1 fully saturated rings. The zero-order chi connectivity index (χ0) is 52.0. The van der Waals surface area contributed by atoms with Crippen LogP contribution in [0.15, 0.2) is 96.1 Å². The number of carbonyl (C=O) groups is 1. The number of carboxylic acid groups (broad SMARTS) is 1. The molecule has 13 heteroatoms. The molecule has 12 N–H and O–H groups in total. The molecule has 4 aliphatic rings. The van der Waals surface area contributed by atoms with E-state index in [4.69, 9.17) is 0 Å². The van der Waals surface area contributed by atoms with Crippen molar-refractivity contribution in [1.82, 2.24) is 10.6 Å². The number of aliphatic carboxylic acids is 1. The quantitative estimate of drug-likeness (QED) is 0.0724. The highest BCUT2D eigenvalue weighted by Crippen LogP contribution is 2.45. The van der Waals surface area contributed by atoms with Gasteiger partial charge in [-0.05, 0) is 154 Å². The lowest BCUT2D eigenvalue weighted by molar-refractivity contribution is -0.139. The van der Waals surface area contributed by atoms with Gasteiger partial charge in [0.1, 0.15) is 5.75 Å². The van der Waals surface area contributed by atoms with Crippen LogP contribution in [-0.2, 0) is 24.1 Å². The summed E-state index contributed by atoms with van der Waals surface area (Å²) in [6.07, 6.45) is 2.96. The van der Waals surface area contributed by atoms with Gasteiger partial charge in [-0.15, -0.1) is 0 Å². The Morgan fingerprint density at radius 2 is 1.62 bits per heavy atom. The molecule has 6 bridgehead atoms. The number of hydrogen-bond acceptors (Lipinski definition) is 12. The Hall–Kier alpha value is -4.43. The number of aryl methyl sites for hydroxylation is 1. The first kappa shape index (κ1) is 56.9. The molecular weight excluding hydrogens is 913 g/mol. The number of rotatable bonds is 17. The molecule has 0 aromatic heterocycles. The second-order valence-corrected chi connectivity index (χ2v) is 21.2. The van der Waals surface area contributed by atoms with Gasteiger partial charge in [0.2, 0.25) is 0 Å². The number of phenols is 1. The fourth-order valence-corrected chi connectivity index (χ4v) is 11.8. The van der Waals surface area contributed by atoms with Crippen LogP contribution < -0.4 is 10.6 Å². The Morgan fingerprint density at radius 1 is 0.903 bits per heavy atom. The van der Waals surface area contributed by atoms with Crippen LogP contribution in [0.1, 0.15) is 138 Å². The minimum atomic E-state index is -1.73. The van der Waals surface area contributed by atoms with Crippen molar-refractivity contribution < 1.29 is 55.9 Å². The fraction of sp³-hybridized carbons (Fsp3) is 0.576. The maximum atomic E-state index is 14.0. The van der Waals surface area contributed by atoms with E-state index in [0.717, 1.165) is 28.7 Å². The van der Waals surface area contributed by atoms with E-state index >= 15 is 0 Å². The smallest absolute Gasteiger partial charge is 0.303 e. The standard InChI is InChI=1S/C59H82N2O11/c1-4-5-14-52(66)53(67)29-24-43-21-20-42-11-7-6-10-41(42)12-8-31-59(58(3,72)50(13-9-32-62)44-22-25-45(64)26-23-44)36-40-18-16-39(17-19-40)33-55(69)47-27-15-38(2)60-57(49(47)35-56(70)71)54(68)30-28-51(61-59)48(43)34-46(65)37-63/h6-7,10-11,16-19,22-26,29,38,46-47,49-55,57,60-69,72H,4-5,9,13-15,20-21,27-28,30-37H2,1-3H3,(H,70,71). The predicted molar refractivity (Wildman–Crippen MR) is 279 cm³/mol. The second kappa shape index (κ2) is 26.7. The first-order chi connectivity index (χ1) is 34.5.